The fourth-order valence-corrected chi connectivity index (χ4v) is 10.4. The Bertz CT molecular complexity index is 3450. The first kappa shape index (κ1) is 51.2. The van der Waals surface area contributed by atoms with Gasteiger partial charge in [0.25, 0.3) is 0 Å². The second kappa shape index (κ2) is 20.0. The molecule has 0 bridgehead atoms. The van der Waals surface area contributed by atoms with Crippen molar-refractivity contribution in [2.24, 2.45) is 0 Å². The molecule has 0 atom stereocenters. The third-order valence-electron chi connectivity index (χ3n) is 14.5. The molecule has 9 aromatic rings. The van der Waals surface area contributed by atoms with Gasteiger partial charge in [-0.2, -0.15) is 0 Å². The molecule has 0 saturated heterocycles. The molecule has 3 heterocycles. The molecule has 0 aliphatic carbocycles. The van der Waals surface area contributed by atoms with Crippen molar-refractivity contribution >= 4 is 38.9 Å². The molecule has 0 spiro atoms. The van der Waals surface area contributed by atoms with Crippen molar-refractivity contribution in [2.45, 2.75) is 111 Å². The second-order valence-electron chi connectivity index (χ2n) is 22.7. The van der Waals surface area contributed by atoms with Crippen molar-refractivity contribution in [1.82, 2.24) is 9.55 Å². The van der Waals surface area contributed by atoms with E-state index in [0.717, 1.165) is 61.4 Å². The summed E-state index contributed by atoms with van der Waals surface area (Å²) in [6.45, 7) is 29.5. The number of para-hydroxylation sites is 1. The zero-order chi connectivity index (χ0) is 50.7. The SMILES string of the molecule is CC(C)c1cccc(C(C)C)c1-c1cc(Oc2[c-]c3c(c(C(C)(C)c4ccccc4)c2)c2ccccc2n3-c2cc(C(C)(C)C)ccn2)[c-]c(N2C=C(c3ccccc3)N(c3cccc(C(C)(C)C)c3)[CH-]2)c1.[Pt]. The van der Waals surface area contributed by atoms with Crippen LogP contribution in [0, 0.1) is 18.8 Å². The Morgan fingerprint density at radius 3 is 1.85 bits per heavy atom. The number of rotatable bonds is 11. The first-order valence-electron chi connectivity index (χ1n) is 25.6. The molecule has 73 heavy (non-hydrogen) atoms. The van der Waals surface area contributed by atoms with E-state index in [0.29, 0.717) is 11.5 Å². The van der Waals surface area contributed by atoms with Crippen LogP contribution in [0.5, 0.6) is 11.5 Å². The number of benzene rings is 7. The first-order chi connectivity index (χ1) is 34.4. The summed E-state index contributed by atoms with van der Waals surface area (Å²) in [4.78, 5) is 9.56. The number of hydrogen-bond acceptors (Lipinski definition) is 4. The minimum absolute atomic E-state index is 0. The summed E-state index contributed by atoms with van der Waals surface area (Å²) in [7, 11) is 0. The van der Waals surface area contributed by atoms with E-state index in [4.69, 9.17) is 9.72 Å². The zero-order valence-corrected chi connectivity index (χ0v) is 46.7. The van der Waals surface area contributed by atoms with Crippen LogP contribution in [-0.2, 0) is 37.3 Å². The van der Waals surface area contributed by atoms with E-state index < -0.39 is 5.41 Å². The summed E-state index contributed by atoms with van der Waals surface area (Å²) in [6.07, 6.45) is 4.16. The fourth-order valence-electron chi connectivity index (χ4n) is 10.4. The van der Waals surface area contributed by atoms with Crippen LogP contribution in [0.2, 0.25) is 0 Å². The molecule has 2 aromatic heterocycles. The number of hydrogen-bond donors (Lipinski definition) is 0. The van der Waals surface area contributed by atoms with Crippen LogP contribution in [0.3, 0.4) is 0 Å². The predicted octanol–water partition coefficient (Wildman–Crippen LogP) is 17.8. The van der Waals surface area contributed by atoms with Crippen LogP contribution >= 0.6 is 0 Å². The first-order valence-corrected chi connectivity index (χ1v) is 25.6. The molecule has 7 aromatic carbocycles. The summed E-state index contributed by atoms with van der Waals surface area (Å²) in [5.74, 6) is 2.62. The summed E-state index contributed by atoms with van der Waals surface area (Å²) in [5.41, 5.74) is 15.3. The summed E-state index contributed by atoms with van der Waals surface area (Å²) in [5, 5.41) is 2.27. The average Bonchev–Trinajstić information content (AvgIpc) is 3.96. The third kappa shape index (κ3) is 9.94. The van der Waals surface area contributed by atoms with Crippen LogP contribution in [-0.4, -0.2) is 9.55 Å². The summed E-state index contributed by atoms with van der Waals surface area (Å²) >= 11 is 0. The van der Waals surface area contributed by atoms with Crippen LogP contribution in [0.15, 0.2) is 170 Å². The second-order valence-corrected chi connectivity index (χ2v) is 22.7. The fraction of sp³-hybridized carbons (Fsp3) is 0.254. The van der Waals surface area contributed by atoms with E-state index >= 15 is 0 Å². The van der Waals surface area contributed by atoms with E-state index in [2.05, 4.69) is 280 Å². The molecule has 10 rings (SSSR count). The quantitative estimate of drug-likeness (QED) is 0.121. The summed E-state index contributed by atoms with van der Waals surface area (Å²) in [6, 6.07) is 64.5. The largest absolute Gasteiger partial charge is 0.509 e. The Balaban J connectivity index is 0.00000656. The minimum Gasteiger partial charge on any atom is -0.509 e. The van der Waals surface area contributed by atoms with Gasteiger partial charge in [0.05, 0.1) is 0 Å². The van der Waals surface area contributed by atoms with Gasteiger partial charge >= 0.3 is 0 Å². The molecule has 0 radical (unpaired) electrons. The normalized spacial score (nSPS) is 13.3. The van der Waals surface area contributed by atoms with Crippen LogP contribution in [0.4, 0.5) is 11.4 Å². The van der Waals surface area contributed by atoms with Crippen LogP contribution < -0.4 is 14.5 Å². The predicted molar refractivity (Wildman–Crippen MR) is 302 cm³/mol. The van der Waals surface area contributed by atoms with Gasteiger partial charge in [0.2, 0.25) is 0 Å². The van der Waals surface area contributed by atoms with Gasteiger partial charge in [-0.3, -0.25) is 0 Å². The third-order valence-corrected chi connectivity index (χ3v) is 14.5. The molecular formula is C67H67N4OPt-3. The molecule has 0 saturated carbocycles. The standard InChI is InChI=1S/C67H67N4O.Pt/c1-44(2)55-30-22-31-56(45(3)4)63(55)47-35-52(69-42-61(46-23-15-13-16-24-46)70(43-69)51-28-21-27-49(37-51)65(5,6)7)39-53(36-47)72-54-40-58(67(11,12)48-25-17-14-18-26-48)64-57-29-19-20-32-59(57)71(60(64)41-54)62-38-50(33-34-68-62)66(8,9)10;/h13-38,40,42-45H,1-12H3;/q-3;. The van der Waals surface area contributed by atoms with Gasteiger partial charge in [-0.1, -0.05) is 203 Å². The van der Waals surface area contributed by atoms with Crippen molar-refractivity contribution in [3.8, 4) is 28.4 Å². The average molecular weight is 1140 g/mol. The Hall–Kier alpha value is -6.68. The van der Waals surface area contributed by atoms with E-state index in [-0.39, 0.29) is 43.7 Å². The monoisotopic (exact) mass is 1140 g/mol. The molecule has 0 unspecified atom stereocenters. The number of ether oxygens (including phenoxy) is 1. The van der Waals surface area contributed by atoms with Gasteiger partial charge in [-0.15, -0.1) is 53.8 Å². The zero-order valence-electron chi connectivity index (χ0n) is 44.4. The van der Waals surface area contributed by atoms with Crippen LogP contribution in [0.1, 0.15) is 134 Å². The number of fused-ring (bicyclic) bond motifs is 3. The molecule has 1 aliphatic rings. The number of nitrogens with zero attached hydrogens (tertiary/aromatic N) is 4. The van der Waals surface area contributed by atoms with Gasteiger partial charge in [0.15, 0.2) is 0 Å². The molecule has 5 nitrogen and oxygen atoms in total. The Morgan fingerprint density at radius 1 is 0.575 bits per heavy atom. The maximum atomic E-state index is 7.34. The van der Waals surface area contributed by atoms with Crippen molar-refractivity contribution < 1.29 is 25.8 Å². The van der Waals surface area contributed by atoms with Gasteiger partial charge in [-0.25, -0.2) is 4.98 Å². The maximum absolute atomic E-state index is 7.34. The van der Waals surface area contributed by atoms with Gasteiger partial charge in [0.1, 0.15) is 5.82 Å². The number of anilines is 2. The number of aromatic nitrogens is 2. The molecule has 0 amide bonds. The van der Waals surface area contributed by atoms with Crippen LogP contribution in [0.25, 0.3) is 44.4 Å². The molecule has 0 N–H and O–H groups in total. The van der Waals surface area contributed by atoms with Gasteiger partial charge < -0.3 is 19.1 Å². The van der Waals surface area contributed by atoms with E-state index in [1.807, 2.05) is 6.20 Å². The topological polar surface area (TPSA) is 33.5 Å². The Labute approximate surface area is 448 Å². The summed E-state index contributed by atoms with van der Waals surface area (Å²) < 4.78 is 9.62. The van der Waals surface area contributed by atoms with Gasteiger partial charge in [0, 0.05) is 55.7 Å². The van der Waals surface area contributed by atoms with E-state index in [9.17, 15) is 0 Å². The van der Waals surface area contributed by atoms with Crippen molar-refractivity contribution in [1.29, 1.82) is 0 Å². The minimum atomic E-state index is -0.432. The molecule has 1 aliphatic heterocycles. The maximum Gasteiger partial charge on any atom is 0.135 e. The molecule has 0 fully saturated rings. The Morgan fingerprint density at radius 2 is 1.18 bits per heavy atom. The van der Waals surface area contributed by atoms with E-state index in [1.54, 1.807) is 0 Å². The molecular weight excluding hydrogens is 1070 g/mol. The van der Waals surface area contributed by atoms with Crippen molar-refractivity contribution in [3.05, 3.63) is 228 Å². The molecule has 374 valence electrons. The van der Waals surface area contributed by atoms with Gasteiger partial charge in [-0.05, 0) is 109 Å². The molecule has 6 heteroatoms. The Kier molecular flexibility index (Phi) is 14.0. The smallest absolute Gasteiger partial charge is 0.135 e. The van der Waals surface area contributed by atoms with E-state index in [1.165, 1.54) is 33.4 Å². The van der Waals surface area contributed by atoms with Crippen molar-refractivity contribution in [3.63, 3.8) is 0 Å². The number of pyridine rings is 1. The van der Waals surface area contributed by atoms with Crippen molar-refractivity contribution in [2.75, 3.05) is 9.80 Å².